The molecular formula is C15H21BN2O3S. The molecule has 1 heterocycles. The van der Waals surface area contributed by atoms with Crippen molar-refractivity contribution in [2.45, 2.75) is 44.6 Å². The Morgan fingerprint density at radius 1 is 1.32 bits per heavy atom. The molecule has 5 nitrogen and oxygen atoms in total. The lowest BCUT2D eigenvalue weighted by molar-refractivity contribution is -0.118. The monoisotopic (exact) mass is 320 g/mol. The molecule has 22 heavy (non-hydrogen) atoms. The quantitative estimate of drug-likeness (QED) is 0.817. The summed E-state index contributed by atoms with van der Waals surface area (Å²) >= 11 is 0. The molecule has 0 aromatic heterocycles. The number of amides is 1. The fourth-order valence-electron chi connectivity index (χ4n) is 3.26. The molecule has 0 unspecified atom stereocenters. The third-order valence-corrected chi connectivity index (χ3v) is 5.17. The van der Waals surface area contributed by atoms with Gasteiger partial charge in [-0.05, 0) is 42.9 Å². The maximum absolute atomic E-state index is 12.1. The first kappa shape index (κ1) is 15.6. The van der Waals surface area contributed by atoms with Crippen molar-refractivity contribution in [1.82, 2.24) is 4.72 Å². The third-order valence-electron chi connectivity index (χ3n) is 4.41. The Labute approximate surface area is 132 Å². The molecule has 1 aliphatic carbocycles. The van der Waals surface area contributed by atoms with Crippen molar-refractivity contribution >= 4 is 28.6 Å². The van der Waals surface area contributed by atoms with Crippen molar-refractivity contribution in [1.29, 1.82) is 0 Å². The molecule has 1 fully saturated rings. The molecule has 1 aromatic rings. The molecular weight excluding hydrogens is 299 g/mol. The molecule has 7 heteroatoms. The van der Waals surface area contributed by atoms with Gasteiger partial charge in [0.15, 0.2) is 9.87 Å². The van der Waals surface area contributed by atoms with Gasteiger partial charge in [-0.15, -0.1) is 0 Å². The molecule has 0 bridgehead atoms. The molecule has 1 amide bonds. The summed E-state index contributed by atoms with van der Waals surface area (Å²) in [4.78, 5) is 13.9. The zero-order valence-electron chi connectivity index (χ0n) is 13.1. The highest BCUT2D eigenvalue weighted by Gasteiger charge is 2.46. The zero-order valence-corrected chi connectivity index (χ0v) is 13.9. The molecule has 1 aromatic carbocycles. The maximum Gasteiger partial charge on any atom is 0.275 e. The minimum atomic E-state index is -3.23. The third kappa shape index (κ3) is 2.92. The highest BCUT2D eigenvalue weighted by molar-refractivity contribution is 8.10. The minimum Gasteiger partial charge on any atom is -0.312 e. The average Bonchev–Trinajstić information content (AvgIpc) is 3.20. The van der Waals surface area contributed by atoms with Gasteiger partial charge in [-0.1, -0.05) is 19.1 Å². The summed E-state index contributed by atoms with van der Waals surface area (Å²) < 4.78 is 25.9. The number of hydrogen-bond donors (Lipinski definition) is 1. The van der Waals surface area contributed by atoms with E-state index in [1.54, 1.807) is 0 Å². The van der Waals surface area contributed by atoms with Crippen molar-refractivity contribution in [2.75, 3.05) is 11.4 Å². The second kappa shape index (κ2) is 5.39. The van der Waals surface area contributed by atoms with Crippen LogP contribution in [0.15, 0.2) is 18.2 Å². The lowest BCUT2D eigenvalue weighted by atomic mass is 9.95. The van der Waals surface area contributed by atoms with Gasteiger partial charge < -0.3 is 4.90 Å². The van der Waals surface area contributed by atoms with Crippen molar-refractivity contribution in [2.24, 2.45) is 0 Å². The maximum atomic E-state index is 12.1. The second-order valence-corrected chi connectivity index (χ2v) is 8.09. The van der Waals surface area contributed by atoms with E-state index in [0.717, 1.165) is 49.0 Å². The largest absolute Gasteiger partial charge is 0.312 e. The van der Waals surface area contributed by atoms with Crippen LogP contribution in [0.25, 0.3) is 0 Å². The van der Waals surface area contributed by atoms with Crippen molar-refractivity contribution in [3.05, 3.63) is 29.3 Å². The van der Waals surface area contributed by atoms with Gasteiger partial charge in [-0.25, -0.2) is 13.1 Å². The summed E-state index contributed by atoms with van der Waals surface area (Å²) in [5.41, 5.74) is 2.71. The number of aryl methyl sites for hydroxylation is 1. The van der Waals surface area contributed by atoms with Gasteiger partial charge in [-0.2, -0.15) is 0 Å². The first-order valence-corrected chi connectivity index (χ1v) is 9.66. The zero-order chi connectivity index (χ0) is 16.0. The standard InChI is InChI=1S/C15H21BN2O3S/c1-2-9-18-13-5-4-12(10-11(13)3-6-14(18)19)15(7-8-15)17-22(16,20)21/h4-5,10,17H,2-3,6-9,16H2,1H3. The Kier molecular flexibility index (Phi) is 3.81. The summed E-state index contributed by atoms with van der Waals surface area (Å²) in [5.74, 6) is 0.178. The van der Waals surface area contributed by atoms with Crippen molar-refractivity contribution < 1.29 is 13.2 Å². The van der Waals surface area contributed by atoms with Gasteiger partial charge in [0, 0.05) is 18.7 Å². The van der Waals surface area contributed by atoms with E-state index in [1.165, 1.54) is 7.12 Å². The Balaban J connectivity index is 1.93. The Morgan fingerprint density at radius 3 is 2.64 bits per heavy atom. The van der Waals surface area contributed by atoms with Gasteiger partial charge in [0.1, 0.15) is 0 Å². The van der Waals surface area contributed by atoms with E-state index in [9.17, 15) is 13.2 Å². The number of carbonyl (C=O) groups excluding carboxylic acids is 1. The number of fused-ring (bicyclic) bond motifs is 1. The van der Waals surface area contributed by atoms with Crippen LogP contribution in [0.2, 0.25) is 0 Å². The van der Waals surface area contributed by atoms with Crippen LogP contribution in [0, 0.1) is 0 Å². The van der Waals surface area contributed by atoms with Gasteiger partial charge in [-0.3, -0.25) is 4.79 Å². The van der Waals surface area contributed by atoms with E-state index < -0.39 is 15.4 Å². The summed E-state index contributed by atoms with van der Waals surface area (Å²) in [6.45, 7) is 2.79. The number of nitrogens with one attached hydrogen (secondary N) is 1. The van der Waals surface area contributed by atoms with E-state index in [1.807, 2.05) is 17.0 Å². The predicted octanol–water partition coefficient (Wildman–Crippen LogP) is 0.832. The lowest BCUT2D eigenvalue weighted by Crippen LogP contribution is -2.37. The first-order valence-electron chi connectivity index (χ1n) is 7.77. The van der Waals surface area contributed by atoms with E-state index in [0.29, 0.717) is 6.42 Å². The lowest BCUT2D eigenvalue weighted by Gasteiger charge is -2.30. The van der Waals surface area contributed by atoms with Crippen LogP contribution in [0.1, 0.15) is 43.7 Å². The van der Waals surface area contributed by atoms with Crippen LogP contribution in [0.3, 0.4) is 0 Å². The first-order chi connectivity index (χ1) is 10.3. The summed E-state index contributed by atoms with van der Waals surface area (Å²) in [6, 6.07) is 6.02. The Morgan fingerprint density at radius 2 is 2.05 bits per heavy atom. The second-order valence-electron chi connectivity index (χ2n) is 6.35. The van der Waals surface area contributed by atoms with Crippen LogP contribution in [-0.4, -0.2) is 28.0 Å². The number of nitrogens with zero attached hydrogens (tertiary/aromatic N) is 1. The normalized spacial score (nSPS) is 19.9. The SMILES string of the molecule is BS(=O)(=O)NC1(c2ccc3c(c2)CCC(=O)N3CCC)CC1. The highest BCUT2D eigenvalue weighted by atomic mass is 32.2. The van der Waals surface area contributed by atoms with Crippen molar-refractivity contribution in [3.63, 3.8) is 0 Å². The average molecular weight is 320 g/mol. The van der Waals surface area contributed by atoms with Crippen LogP contribution < -0.4 is 9.62 Å². The molecule has 118 valence electrons. The minimum absolute atomic E-state index is 0.178. The topological polar surface area (TPSA) is 66.5 Å². The van der Waals surface area contributed by atoms with E-state index in [2.05, 4.69) is 17.7 Å². The summed E-state index contributed by atoms with van der Waals surface area (Å²) in [6.07, 6.45) is 3.85. The summed E-state index contributed by atoms with van der Waals surface area (Å²) in [7, 11) is -2.03. The van der Waals surface area contributed by atoms with E-state index >= 15 is 0 Å². The van der Waals surface area contributed by atoms with Crippen molar-refractivity contribution in [3.8, 4) is 0 Å². The number of benzene rings is 1. The number of hydrogen-bond acceptors (Lipinski definition) is 3. The van der Waals surface area contributed by atoms with Gasteiger partial charge >= 0.3 is 0 Å². The number of anilines is 1. The van der Waals surface area contributed by atoms with Gasteiger partial charge in [0.2, 0.25) is 5.91 Å². The highest BCUT2D eigenvalue weighted by Crippen LogP contribution is 2.47. The van der Waals surface area contributed by atoms with Gasteiger partial charge in [0.05, 0.1) is 5.54 Å². The predicted molar refractivity (Wildman–Crippen MR) is 88.9 cm³/mol. The van der Waals surface area contributed by atoms with Crippen LogP contribution in [0.5, 0.6) is 0 Å². The molecule has 0 spiro atoms. The number of rotatable bonds is 5. The molecule has 0 saturated heterocycles. The van der Waals surface area contributed by atoms with Gasteiger partial charge in [0.25, 0.3) is 7.12 Å². The molecule has 3 rings (SSSR count). The molecule has 0 radical (unpaired) electrons. The summed E-state index contributed by atoms with van der Waals surface area (Å²) in [5, 5.41) is 0. The Hall–Kier alpha value is -1.34. The number of carbonyl (C=O) groups is 1. The fraction of sp³-hybridized carbons (Fsp3) is 0.533. The van der Waals surface area contributed by atoms with Crippen LogP contribution >= 0.6 is 0 Å². The molecule has 1 N–H and O–H groups in total. The van der Waals surface area contributed by atoms with E-state index in [4.69, 9.17) is 0 Å². The Bertz CT molecular complexity index is 713. The van der Waals surface area contributed by atoms with Crippen LogP contribution in [-0.2, 0) is 26.6 Å². The van der Waals surface area contributed by atoms with E-state index in [-0.39, 0.29) is 5.91 Å². The fourth-order valence-corrected chi connectivity index (χ4v) is 4.29. The molecule has 2 aliphatic rings. The molecule has 0 atom stereocenters. The molecule has 1 aliphatic heterocycles. The molecule has 1 saturated carbocycles. The smallest absolute Gasteiger partial charge is 0.275 e. The van der Waals surface area contributed by atoms with Crippen LogP contribution in [0.4, 0.5) is 5.69 Å².